The van der Waals surface area contributed by atoms with Gasteiger partial charge < -0.3 is 14.1 Å². The van der Waals surface area contributed by atoms with Crippen LogP contribution in [0.1, 0.15) is 74.1 Å². The van der Waals surface area contributed by atoms with E-state index in [1.165, 1.54) is 0 Å². The number of carbonyl (C=O) groups is 1. The zero-order chi connectivity index (χ0) is 19.6. The van der Waals surface area contributed by atoms with E-state index in [1.807, 2.05) is 27.8 Å². The number of ether oxygens (including phenoxy) is 1. The summed E-state index contributed by atoms with van der Waals surface area (Å²) in [6, 6.07) is 0.283. The average molecular weight is 372 g/mol. The molecule has 0 aromatic carbocycles. The third-order valence-electron chi connectivity index (χ3n) is 5.92. The summed E-state index contributed by atoms with van der Waals surface area (Å²) in [6.07, 6.45) is 4.40. The zero-order valence-corrected chi connectivity index (χ0v) is 19.2. The van der Waals surface area contributed by atoms with Gasteiger partial charge in [-0.15, -0.1) is 0 Å². The third-order valence-corrected chi connectivity index (χ3v) is 10.5. The quantitative estimate of drug-likeness (QED) is 0.584. The fourth-order valence-corrected chi connectivity index (χ4v) is 4.65. The first kappa shape index (κ1) is 22.5. The van der Waals surface area contributed by atoms with Crippen molar-refractivity contribution >= 4 is 14.4 Å². The van der Waals surface area contributed by atoms with Crippen LogP contribution in [0.25, 0.3) is 0 Å². The minimum absolute atomic E-state index is 0.207. The van der Waals surface area contributed by atoms with Gasteiger partial charge in [0.1, 0.15) is 5.60 Å². The van der Waals surface area contributed by atoms with Crippen LogP contribution in [0, 0.1) is 5.92 Å². The van der Waals surface area contributed by atoms with Crippen LogP contribution in [0.2, 0.25) is 18.1 Å². The van der Waals surface area contributed by atoms with E-state index in [0.29, 0.717) is 12.0 Å². The molecule has 0 aliphatic heterocycles. The van der Waals surface area contributed by atoms with Crippen molar-refractivity contribution in [3.8, 4) is 0 Å². The minimum Gasteiger partial charge on any atom is -0.444 e. The van der Waals surface area contributed by atoms with Gasteiger partial charge in [-0.3, -0.25) is 0 Å². The molecule has 0 aromatic rings. The van der Waals surface area contributed by atoms with Gasteiger partial charge in [0.2, 0.25) is 0 Å². The Morgan fingerprint density at radius 1 is 1.04 bits per heavy atom. The van der Waals surface area contributed by atoms with Crippen molar-refractivity contribution in [2.24, 2.45) is 5.92 Å². The molecule has 25 heavy (non-hydrogen) atoms. The normalized spacial score (nSPS) is 23.9. The number of hydrogen-bond acceptors (Lipinski definition) is 3. The topological polar surface area (TPSA) is 38.8 Å². The van der Waals surface area contributed by atoms with Crippen molar-refractivity contribution in [2.45, 2.75) is 110 Å². The molecule has 0 saturated heterocycles. The van der Waals surface area contributed by atoms with Gasteiger partial charge in [-0.1, -0.05) is 20.8 Å². The second kappa shape index (κ2) is 7.99. The minimum atomic E-state index is -1.72. The van der Waals surface area contributed by atoms with E-state index in [2.05, 4.69) is 40.8 Å². The van der Waals surface area contributed by atoms with Gasteiger partial charge in [-0.05, 0) is 77.4 Å². The molecule has 148 valence electrons. The molecule has 1 saturated carbocycles. The van der Waals surface area contributed by atoms with Crippen molar-refractivity contribution in [2.75, 3.05) is 7.05 Å². The summed E-state index contributed by atoms with van der Waals surface area (Å²) in [5.41, 5.74) is -0.436. The van der Waals surface area contributed by atoms with Gasteiger partial charge in [0.25, 0.3) is 0 Å². The molecule has 4 nitrogen and oxygen atoms in total. The van der Waals surface area contributed by atoms with Gasteiger partial charge in [-0.2, -0.15) is 0 Å². The highest BCUT2D eigenvalue weighted by Crippen LogP contribution is 2.40. The summed E-state index contributed by atoms with van der Waals surface area (Å²) < 4.78 is 12.1. The molecule has 0 aromatic heterocycles. The molecule has 1 unspecified atom stereocenters. The van der Waals surface area contributed by atoms with E-state index in [9.17, 15) is 4.79 Å². The Balaban J connectivity index is 2.54. The van der Waals surface area contributed by atoms with Gasteiger partial charge in [0.05, 0.1) is 0 Å². The molecule has 0 radical (unpaired) electrons. The second-order valence-corrected chi connectivity index (χ2v) is 15.0. The summed E-state index contributed by atoms with van der Waals surface area (Å²) in [4.78, 5) is 14.0. The van der Waals surface area contributed by atoms with Crippen molar-refractivity contribution < 1.29 is 14.0 Å². The fraction of sp³-hybridized carbons (Fsp3) is 0.950. The van der Waals surface area contributed by atoms with Crippen LogP contribution in [-0.4, -0.2) is 44.1 Å². The number of carbonyl (C=O) groups excluding carboxylic acids is 1. The van der Waals surface area contributed by atoms with E-state index >= 15 is 0 Å². The Labute approximate surface area is 156 Å². The maximum absolute atomic E-state index is 12.3. The van der Waals surface area contributed by atoms with Crippen LogP contribution < -0.4 is 0 Å². The lowest BCUT2D eigenvalue weighted by Crippen LogP contribution is -2.47. The van der Waals surface area contributed by atoms with Crippen LogP contribution >= 0.6 is 0 Å². The molecule has 1 atom stereocenters. The largest absolute Gasteiger partial charge is 0.444 e. The smallest absolute Gasteiger partial charge is 0.410 e. The van der Waals surface area contributed by atoms with E-state index < -0.39 is 13.9 Å². The fourth-order valence-electron chi connectivity index (χ4n) is 3.18. The van der Waals surface area contributed by atoms with Crippen LogP contribution in [-0.2, 0) is 9.16 Å². The van der Waals surface area contributed by atoms with E-state index in [0.717, 1.165) is 25.7 Å². The van der Waals surface area contributed by atoms with E-state index in [4.69, 9.17) is 9.16 Å². The highest BCUT2D eigenvalue weighted by atomic mass is 28.4. The summed E-state index contributed by atoms with van der Waals surface area (Å²) >= 11 is 0. The average Bonchev–Trinajstić information content (AvgIpc) is 2.43. The summed E-state index contributed by atoms with van der Waals surface area (Å²) in [7, 11) is 0.150. The molecule has 0 spiro atoms. The Morgan fingerprint density at radius 2 is 1.52 bits per heavy atom. The standard InChI is InChI=1S/C20H41NO3Si/c1-15(24-25(9,10)20(5,6)7)16-11-13-17(14-12-16)21(8)18(22)23-19(2,3)4/h15-17H,11-14H2,1-10H3. The highest BCUT2D eigenvalue weighted by Gasteiger charge is 2.40. The molecule has 1 fully saturated rings. The van der Waals surface area contributed by atoms with Crippen LogP contribution in [0.4, 0.5) is 4.79 Å². The number of nitrogens with zero attached hydrogens (tertiary/aromatic N) is 1. The molecule has 0 heterocycles. The third kappa shape index (κ3) is 6.59. The molecule has 0 bridgehead atoms. The number of rotatable bonds is 4. The summed E-state index contributed by atoms with van der Waals surface area (Å²) in [6.45, 7) is 19.5. The van der Waals surface area contributed by atoms with Gasteiger partial charge in [-0.25, -0.2) is 4.79 Å². The van der Waals surface area contributed by atoms with Crippen molar-refractivity contribution in [1.29, 1.82) is 0 Å². The molecular formula is C20H41NO3Si. The Hall–Kier alpha value is -0.553. The molecule has 1 amide bonds. The molecule has 1 aliphatic rings. The molecular weight excluding hydrogens is 330 g/mol. The Morgan fingerprint density at radius 3 is 1.92 bits per heavy atom. The molecule has 1 rings (SSSR count). The maximum Gasteiger partial charge on any atom is 0.410 e. The summed E-state index contributed by atoms with van der Waals surface area (Å²) in [5.74, 6) is 0.595. The van der Waals surface area contributed by atoms with Crippen LogP contribution in [0.5, 0.6) is 0 Å². The first-order valence-corrected chi connectivity index (χ1v) is 12.7. The van der Waals surface area contributed by atoms with Gasteiger partial charge in [0.15, 0.2) is 8.32 Å². The first-order chi connectivity index (χ1) is 11.1. The predicted molar refractivity (Wildman–Crippen MR) is 107 cm³/mol. The first-order valence-electron chi connectivity index (χ1n) is 9.77. The van der Waals surface area contributed by atoms with Crippen LogP contribution in [0.15, 0.2) is 0 Å². The SMILES string of the molecule is CC(O[Si](C)(C)C(C)(C)C)C1CCC(N(C)C(=O)OC(C)(C)C)CC1. The monoisotopic (exact) mass is 371 g/mol. The van der Waals surface area contributed by atoms with E-state index in [1.54, 1.807) is 4.90 Å². The van der Waals surface area contributed by atoms with E-state index in [-0.39, 0.29) is 17.2 Å². The highest BCUT2D eigenvalue weighted by molar-refractivity contribution is 6.74. The van der Waals surface area contributed by atoms with Gasteiger partial charge in [0, 0.05) is 19.2 Å². The zero-order valence-electron chi connectivity index (χ0n) is 18.2. The Bertz CT molecular complexity index is 443. The number of hydrogen-bond donors (Lipinski definition) is 0. The van der Waals surface area contributed by atoms with Crippen molar-refractivity contribution in [1.82, 2.24) is 4.90 Å². The van der Waals surface area contributed by atoms with Crippen molar-refractivity contribution in [3.63, 3.8) is 0 Å². The summed E-state index contributed by atoms with van der Waals surface area (Å²) in [5, 5.41) is 0.245. The lowest BCUT2D eigenvalue weighted by molar-refractivity contribution is 0.0136. The molecule has 5 heteroatoms. The lowest BCUT2D eigenvalue weighted by Gasteiger charge is -2.42. The Kier molecular flexibility index (Phi) is 7.19. The van der Waals surface area contributed by atoms with Crippen LogP contribution in [0.3, 0.4) is 0 Å². The van der Waals surface area contributed by atoms with Gasteiger partial charge >= 0.3 is 6.09 Å². The molecule has 1 aliphatic carbocycles. The van der Waals surface area contributed by atoms with Crippen molar-refractivity contribution in [3.05, 3.63) is 0 Å². The second-order valence-electron chi connectivity index (χ2n) is 10.2. The lowest BCUT2D eigenvalue weighted by atomic mass is 9.83. The maximum atomic E-state index is 12.3. The molecule has 0 N–H and O–H groups in total. The number of amides is 1. The predicted octanol–water partition coefficient (Wildman–Crippen LogP) is 5.82.